The molecule has 0 aliphatic carbocycles. The van der Waals surface area contributed by atoms with Gasteiger partial charge in [-0.1, -0.05) is 133 Å². The molecular weight excluding hydrogens is 613 g/mol. The topological polar surface area (TPSA) is 56.7 Å². The van der Waals surface area contributed by atoms with Gasteiger partial charge in [0.25, 0.3) is 0 Å². The van der Waals surface area contributed by atoms with E-state index in [1.54, 1.807) is 0 Å². The zero-order chi connectivity index (χ0) is 33.0. The molecule has 3 aromatic heterocycles. The first kappa shape index (κ1) is 28.2. The van der Waals surface area contributed by atoms with Crippen LogP contribution in [0.2, 0.25) is 0 Å². The third-order valence-corrected chi connectivity index (χ3v) is 9.47. The van der Waals surface area contributed by atoms with Crippen molar-refractivity contribution in [3.8, 4) is 51.0 Å². The molecule has 0 unspecified atom stereocenters. The van der Waals surface area contributed by atoms with E-state index < -0.39 is 0 Å². The first-order chi connectivity index (χ1) is 24.8. The van der Waals surface area contributed by atoms with Gasteiger partial charge in [0.15, 0.2) is 17.5 Å². The van der Waals surface area contributed by atoms with E-state index in [1.165, 1.54) is 10.9 Å². The number of aromatic nitrogens is 4. The van der Waals surface area contributed by atoms with Gasteiger partial charge in [-0.15, -0.1) is 0 Å². The SMILES string of the molecule is c1ccc(-c2ccc(-c3nc(-c4ccccc4)nc(-c4ccccc4-n4c5ccccc5c5cc6c(cc54)oc4ccccc46)n3)cc2)cc1. The number of furan rings is 1. The summed E-state index contributed by atoms with van der Waals surface area (Å²) in [5.41, 5.74) is 9.93. The van der Waals surface area contributed by atoms with E-state index >= 15 is 0 Å². The number of rotatable bonds is 5. The van der Waals surface area contributed by atoms with E-state index in [-0.39, 0.29) is 0 Å². The van der Waals surface area contributed by atoms with Gasteiger partial charge >= 0.3 is 0 Å². The summed E-state index contributed by atoms with van der Waals surface area (Å²) in [6.07, 6.45) is 0. The van der Waals surface area contributed by atoms with E-state index in [0.29, 0.717) is 17.5 Å². The molecule has 0 bridgehead atoms. The van der Waals surface area contributed by atoms with Crippen molar-refractivity contribution in [3.05, 3.63) is 170 Å². The Morgan fingerprint density at radius 1 is 0.360 bits per heavy atom. The van der Waals surface area contributed by atoms with Crippen LogP contribution < -0.4 is 0 Å². The summed E-state index contributed by atoms with van der Waals surface area (Å²) < 4.78 is 8.69. The standard InChI is InChI=1S/C45H28N4O/c1-3-13-29(14-4-1)30-23-25-32(26-24-30)44-46-43(31-15-5-2-6-16-31)47-45(48-44)35-19-8-11-21-39(35)49-38-20-10-7-17-33(38)36-27-37-34-18-9-12-22-41(34)50-42(37)28-40(36)49/h1-28H. The van der Waals surface area contributed by atoms with Crippen LogP contribution in [0.4, 0.5) is 0 Å². The van der Waals surface area contributed by atoms with Crippen LogP contribution in [0.15, 0.2) is 174 Å². The molecule has 0 saturated heterocycles. The smallest absolute Gasteiger partial charge is 0.166 e. The molecule has 7 aromatic carbocycles. The van der Waals surface area contributed by atoms with Crippen LogP contribution >= 0.6 is 0 Å². The summed E-state index contributed by atoms with van der Waals surface area (Å²) >= 11 is 0. The Kier molecular flexibility index (Phi) is 6.42. The van der Waals surface area contributed by atoms with Gasteiger partial charge in [-0.2, -0.15) is 0 Å². The van der Waals surface area contributed by atoms with Crippen LogP contribution in [-0.2, 0) is 0 Å². The van der Waals surface area contributed by atoms with Crippen molar-refractivity contribution in [1.29, 1.82) is 0 Å². The lowest BCUT2D eigenvalue weighted by molar-refractivity contribution is 0.669. The Morgan fingerprint density at radius 2 is 0.920 bits per heavy atom. The Morgan fingerprint density at radius 3 is 1.70 bits per heavy atom. The fourth-order valence-electron chi connectivity index (χ4n) is 7.09. The first-order valence-corrected chi connectivity index (χ1v) is 16.7. The van der Waals surface area contributed by atoms with Crippen LogP contribution in [0.5, 0.6) is 0 Å². The third-order valence-electron chi connectivity index (χ3n) is 9.47. The number of hydrogen-bond donors (Lipinski definition) is 0. The number of fused-ring (bicyclic) bond motifs is 6. The van der Waals surface area contributed by atoms with Gasteiger partial charge in [0.2, 0.25) is 0 Å². The molecule has 3 heterocycles. The second kappa shape index (κ2) is 11.4. The summed E-state index contributed by atoms with van der Waals surface area (Å²) in [6, 6.07) is 58.5. The summed E-state index contributed by atoms with van der Waals surface area (Å²) in [7, 11) is 0. The summed E-state index contributed by atoms with van der Waals surface area (Å²) in [5.74, 6) is 1.85. The average molecular weight is 641 g/mol. The molecule has 5 heteroatoms. The number of hydrogen-bond acceptors (Lipinski definition) is 4. The monoisotopic (exact) mass is 640 g/mol. The predicted octanol–water partition coefficient (Wildman–Crippen LogP) is 11.5. The second-order valence-corrected chi connectivity index (χ2v) is 12.4. The van der Waals surface area contributed by atoms with Gasteiger partial charge in [0.05, 0.1) is 16.7 Å². The molecule has 5 nitrogen and oxygen atoms in total. The van der Waals surface area contributed by atoms with E-state index in [9.17, 15) is 0 Å². The molecule has 0 radical (unpaired) electrons. The van der Waals surface area contributed by atoms with Crippen molar-refractivity contribution in [3.63, 3.8) is 0 Å². The fourth-order valence-corrected chi connectivity index (χ4v) is 7.09. The maximum absolute atomic E-state index is 6.38. The number of benzene rings is 7. The van der Waals surface area contributed by atoms with Gasteiger partial charge in [-0.3, -0.25) is 0 Å². The van der Waals surface area contributed by atoms with Crippen molar-refractivity contribution >= 4 is 43.7 Å². The highest BCUT2D eigenvalue weighted by Crippen LogP contribution is 2.40. The zero-order valence-electron chi connectivity index (χ0n) is 26.9. The van der Waals surface area contributed by atoms with Crippen molar-refractivity contribution in [2.75, 3.05) is 0 Å². The first-order valence-electron chi connectivity index (χ1n) is 16.7. The normalized spacial score (nSPS) is 11.6. The van der Waals surface area contributed by atoms with Crippen LogP contribution in [0.1, 0.15) is 0 Å². The lowest BCUT2D eigenvalue weighted by atomic mass is 10.0. The molecule has 0 fully saturated rings. The maximum Gasteiger partial charge on any atom is 0.166 e. The molecule has 10 rings (SSSR count). The van der Waals surface area contributed by atoms with Crippen molar-refractivity contribution in [2.45, 2.75) is 0 Å². The largest absolute Gasteiger partial charge is 0.456 e. The van der Waals surface area contributed by atoms with Crippen molar-refractivity contribution < 1.29 is 4.42 Å². The molecule has 50 heavy (non-hydrogen) atoms. The van der Waals surface area contributed by atoms with E-state index in [4.69, 9.17) is 19.4 Å². The van der Waals surface area contributed by atoms with Gasteiger partial charge in [0, 0.05) is 44.3 Å². The maximum atomic E-state index is 6.38. The van der Waals surface area contributed by atoms with E-state index in [2.05, 4.69) is 120 Å². The summed E-state index contributed by atoms with van der Waals surface area (Å²) in [4.78, 5) is 15.3. The quantitative estimate of drug-likeness (QED) is 0.188. The Balaban J connectivity index is 1.20. The van der Waals surface area contributed by atoms with Gasteiger partial charge in [-0.05, 0) is 41.5 Å². The molecule has 0 saturated carbocycles. The minimum atomic E-state index is 0.604. The molecular formula is C45H28N4O. The molecule has 0 spiro atoms. The Hall–Kier alpha value is -6.85. The lowest BCUT2D eigenvalue weighted by Crippen LogP contribution is -2.03. The minimum Gasteiger partial charge on any atom is -0.456 e. The van der Waals surface area contributed by atoms with Gasteiger partial charge in [-0.25, -0.2) is 15.0 Å². The third kappa shape index (κ3) is 4.60. The molecule has 234 valence electrons. The predicted molar refractivity (Wildman–Crippen MR) is 203 cm³/mol. The minimum absolute atomic E-state index is 0.604. The van der Waals surface area contributed by atoms with Gasteiger partial charge < -0.3 is 8.98 Å². The zero-order valence-corrected chi connectivity index (χ0v) is 26.9. The van der Waals surface area contributed by atoms with Crippen LogP contribution in [0, 0.1) is 0 Å². The Labute approximate surface area is 287 Å². The highest BCUT2D eigenvalue weighted by molar-refractivity contribution is 6.17. The van der Waals surface area contributed by atoms with Crippen molar-refractivity contribution in [1.82, 2.24) is 19.5 Å². The highest BCUT2D eigenvalue weighted by atomic mass is 16.3. The molecule has 10 aromatic rings. The summed E-state index contributed by atoms with van der Waals surface area (Å²) in [6.45, 7) is 0. The van der Waals surface area contributed by atoms with Crippen LogP contribution in [-0.4, -0.2) is 19.5 Å². The molecule has 0 aliphatic heterocycles. The molecule has 0 N–H and O–H groups in total. The average Bonchev–Trinajstić information content (AvgIpc) is 3.72. The summed E-state index contributed by atoms with van der Waals surface area (Å²) in [5, 5.41) is 4.56. The molecule has 0 amide bonds. The van der Waals surface area contributed by atoms with E-state index in [0.717, 1.165) is 66.3 Å². The second-order valence-electron chi connectivity index (χ2n) is 12.4. The van der Waals surface area contributed by atoms with E-state index in [1.807, 2.05) is 54.6 Å². The molecule has 0 aliphatic rings. The van der Waals surface area contributed by atoms with Crippen LogP contribution in [0.3, 0.4) is 0 Å². The number of nitrogens with zero attached hydrogens (tertiary/aromatic N) is 4. The highest BCUT2D eigenvalue weighted by Gasteiger charge is 2.20. The van der Waals surface area contributed by atoms with Crippen LogP contribution in [0.25, 0.3) is 94.7 Å². The molecule has 0 atom stereocenters. The van der Waals surface area contributed by atoms with Crippen molar-refractivity contribution in [2.24, 2.45) is 0 Å². The number of para-hydroxylation sites is 3. The Bertz CT molecular complexity index is 2850. The van der Waals surface area contributed by atoms with Gasteiger partial charge in [0.1, 0.15) is 11.2 Å². The fraction of sp³-hybridized carbons (Fsp3) is 0. The lowest BCUT2D eigenvalue weighted by Gasteiger charge is -2.14.